The van der Waals surface area contributed by atoms with Crippen LogP contribution >= 0.6 is 0 Å². The van der Waals surface area contributed by atoms with Gasteiger partial charge < -0.3 is 5.11 Å². The molecular formula is C8H8NO2. The zero-order chi connectivity index (χ0) is 8.27. The highest BCUT2D eigenvalue weighted by Crippen LogP contribution is 2.01. The smallest absolute Gasteiger partial charge is 0.354 e. The maximum absolute atomic E-state index is 10.4. The fourth-order valence-corrected chi connectivity index (χ4v) is 0.747. The minimum absolute atomic E-state index is 0.0751. The van der Waals surface area contributed by atoms with Crippen LogP contribution in [0.5, 0.6) is 0 Å². The molecule has 0 saturated heterocycles. The number of carboxylic acids is 1. The molecule has 1 heterocycles. The molecule has 1 aromatic rings. The summed E-state index contributed by atoms with van der Waals surface area (Å²) < 4.78 is 0. The third-order valence-corrected chi connectivity index (χ3v) is 1.33. The first-order valence-corrected chi connectivity index (χ1v) is 3.21. The highest BCUT2D eigenvalue weighted by atomic mass is 16.4. The van der Waals surface area contributed by atoms with Crippen molar-refractivity contribution in [1.82, 2.24) is 4.98 Å². The van der Waals surface area contributed by atoms with E-state index >= 15 is 0 Å². The van der Waals surface area contributed by atoms with E-state index in [4.69, 9.17) is 5.11 Å². The van der Waals surface area contributed by atoms with Gasteiger partial charge in [0.25, 0.3) is 0 Å². The molecule has 3 heteroatoms. The van der Waals surface area contributed by atoms with Crippen LogP contribution in [0.15, 0.2) is 18.3 Å². The average Bonchev–Trinajstić information content (AvgIpc) is 2.05. The zero-order valence-electron chi connectivity index (χ0n) is 5.95. The minimum Gasteiger partial charge on any atom is -0.477 e. The number of nitrogens with zero attached hydrogens (tertiary/aromatic N) is 1. The standard InChI is InChI=1S/C8H8NO2/c1-2-6-3-4-9-7(5-6)8(10)11/h3-5H,1-2H2,(H,10,11). The van der Waals surface area contributed by atoms with Crippen LogP contribution in [0.3, 0.4) is 0 Å². The van der Waals surface area contributed by atoms with Crippen LogP contribution in [0, 0.1) is 6.92 Å². The fourth-order valence-electron chi connectivity index (χ4n) is 0.747. The number of hydrogen-bond acceptors (Lipinski definition) is 2. The van der Waals surface area contributed by atoms with Gasteiger partial charge in [0.1, 0.15) is 5.69 Å². The van der Waals surface area contributed by atoms with Gasteiger partial charge in [-0.3, -0.25) is 0 Å². The van der Waals surface area contributed by atoms with Crippen molar-refractivity contribution in [2.75, 3.05) is 0 Å². The van der Waals surface area contributed by atoms with Gasteiger partial charge in [0.05, 0.1) is 0 Å². The van der Waals surface area contributed by atoms with E-state index in [0.717, 1.165) is 5.56 Å². The lowest BCUT2D eigenvalue weighted by molar-refractivity contribution is 0.0690. The van der Waals surface area contributed by atoms with Gasteiger partial charge >= 0.3 is 5.97 Å². The number of aromatic carboxylic acids is 1. The monoisotopic (exact) mass is 150 g/mol. The van der Waals surface area contributed by atoms with Gasteiger partial charge in [-0.1, -0.05) is 0 Å². The Hall–Kier alpha value is -1.38. The van der Waals surface area contributed by atoms with E-state index in [2.05, 4.69) is 11.9 Å². The van der Waals surface area contributed by atoms with E-state index in [1.54, 1.807) is 6.07 Å². The number of carboxylic acid groups (broad SMARTS) is 1. The summed E-state index contributed by atoms with van der Waals surface area (Å²) in [7, 11) is 0. The number of aromatic nitrogens is 1. The first-order chi connectivity index (χ1) is 5.24. The van der Waals surface area contributed by atoms with Crippen molar-refractivity contribution in [2.45, 2.75) is 6.42 Å². The molecule has 0 amide bonds. The van der Waals surface area contributed by atoms with Gasteiger partial charge in [-0.2, -0.15) is 0 Å². The van der Waals surface area contributed by atoms with Crippen LogP contribution < -0.4 is 0 Å². The second-order valence-corrected chi connectivity index (χ2v) is 2.10. The Morgan fingerprint density at radius 2 is 2.45 bits per heavy atom. The molecule has 3 nitrogen and oxygen atoms in total. The quantitative estimate of drug-likeness (QED) is 0.688. The van der Waals surface area contributed by atoms with E-state index in [-0.39, 0.29) is 5.69 Å². The Kier molecular flexibility index (Phi) is 2.21. The van der Waals surface area contributed by atoms with E-state index in [1.807, 2.05) is 0 Å². The van der Waals surface area contributed by atoms with Crippen LogP contribution in [0.4, 0.5) is 0 Å². The molecule has 0 saturated carbocycles. The van der Waals surface area contributed by atoms with E-state index in [1.165, 1.54) is 12.3 Å². The SMILES string of the molecule is [CH2]Cc1ccnc(C(=O)O)c1. The lowest BCUT2D eigenvalue weighted by atomic mass is 10.2. The Morgan fingerprint density at radius 3 is 3.00 bits per heavy atom. The number of pyridine rings is 1. The van der Waals surface area contributed by atoms with Crippen LogP contribution in [-0.4, -0.2) is 16.1 Å². The molecule has 1 radical (unpaired) electrons. The van der Waals surface area contributed by atoms with Crippen molar-refractivity contribution < 1.29 is 9.90 Å². The molecule has 0 aliphatic rings. The Morgan fingerprint density at radius 1 is 1.73 bits per heavy atom. The van der Waals surface area contributed by atoms with Gasteiger partial charge in [-0.15, -0.1) is 0 Å². The van der Waals surface area contributed by atoms with Crippen molar-refractivity contribution in [3.8, 4) is 0 Å². The van der Waals surface area contributed by atoms with Crippen molar-refractivity contribution >= 4 is 5.97 Å². The predicted octanol–water partition coefficient (Wildman–Crippen LogP) is 1.16. The lowest BCUT2D eigenvalue weighted by Gasteiger charge is -1.96. The Balaban J connectivity index is 3.01. The van der Waals surface area contributed by atoms with Gasteiger partial charge in [0.2, 0.25) is 0 Å². The Labute approximate surface area is 64.7 Å². The highest BCUT2D eigenvalue weighted by Gasteiger charge is 2.02. The third-order valence-electron chi connectivity index (χ3n) is 1.33. The van der Waals surface area contributed by atoms with Crippen molar-refractivity contribution in [3.63, 3.8) is 0 Å². The van der Waals surface area contributed by atoms with Crippen LogP contribution in [0.1, 0.15) is 16.1 Å². The average molecular weight is 150 g/mol. The maximum Gasteiger partial charge on any atom is 0.354 e. The second-order valence-electron chi connectivity index (χ2n) is 2.10. The summed E-state index contributed by atoms with van der Waals surface area (Å²) in [6.07, 6.45) is 2.06. The molecule has 0 atom stereocenters. The van der Waals surface area contributed by atoms with Crippen LogP contribution in [0.2, 0.25) is 0 Å². The zero-order valence-corrected chi connectivity index (χ0v) is 5.95. The Bertz CT molecular complexity index is 271. The van der Waals surface area contributed by atoms with Crippen molar-refractivity contribution in [1.29, 1.82) is 0 Å². The van der Waals surface area contributed by atoms with Crippen LogP contribution in [0.25, 0.3) is 0 Å². The molecule has 0 aliphatic heterocycles. The first-order valence-electron chi connectivity index (χ1n) is 3.21. The normalized spacial score (nSPS) is 9.55. The molecule has 0 bridgehead atoms. The molecule has 57 valence electrons. The summed E-state index contributed by atoms with van der Waals surface area (Å²) in [4.78, 5) is 14.0. The first kappa shape index (κ1) is 7.72. The molecule has 0 fully saturated rings. The van der Waals surface area contributed by atoms with E-state index < -0.39 is 5.97 Å². The van der Waals surface area contributed by atoms with Crippen LogP contribution in [-0.2, 0) is 6.42 Å². The molecular weight excluding hydrogens is 142 g/mol. The second kappa shape index (κ2) is 3.14. The molecule has 0 aromatic carbocycles. The van der Waals surface area contributed by atoms with Gasteiger partial charge in [-0.05, 0) is 31.0 Å². The topological polar surface area (TPSA) is 50.2 Å². The highest BCUT2D eigenvalue weighted by molar-refractivity contribution is 5.85. The summed E-state index contributed by atoms with van der Waals surface area (Å²) in [5.41, 5.74) is 0.962. The molecule has 0 unspecified atom stereocenters. The number of hydrogen-bond donors (Lipinski definition) is 1. The molecule has 1 rings (SSSR count). The summed E-state index contributed by atoms with van der Waals surface area (Å²) >= 11 is 0. The summed E-state index contributed by atoms with van der Waals surface area (Å²) in [5.74, 6) is -1.000. The van der Waals surface area contributed by atoms with Gasteiger partial charge in [-0.25, -0.2) is 9.78 Å². The fraction of sp³-hybridized carbons (Fsp3) is 0.125. The summed E-state index contributed by atoms with van der Waals surface area (Å²) in [6.45, 7) is 3.64. The van der Waals surface area contributed by atoms with Gasteiger partial charge in [0, 0.05) is 6.20 Å². The van der Waals surface area contributed by atoms with E-state index in [9.17, 15) is 4.79 Å². The maximum atomic E-state index is 10.4. The number of carbonyl (C=O) groups is 1. The summed E-state index contributed by atoms with van der Waals surface area (Å²) in [5, 5.41) is 8.52. The van der Waals surface area contributed by atoms with Crippen molar-refractivity contribution in [2.24, 2.45) is 0 Å². The van der Waals surface area contributed by atoms with Gasteiger partial charge in [0.15, 0.2) is 0 Å². The minimum atomic E-state index is -1.000. The molecule has 0 aliphatic carbocycles. The molecule has 0 spiro atoms. The molecule has 1 N–H and O–H groups in total. The third kappa shape index (κ3) is 1.77. The van der Waals surface area contributed by atoms with E-state index in [0.29, 0.717) is 6.42 Å². The predicted molar refractivity (Wildman–Crippen MR) is 40.3 cm³/mol. The largest absolute Gasteiger partial charge is 0.477 e. The molecule has 1 aromatic heterocycles. The lowest BCUT2D eigenvalue weighted by Crippen LogP contribution is -2.00. The number of rotatable bonds is 2. The molecule has 11 heavy (non-hydrogen) atoms. The summed E-state index contributed by atoms with van der Waals surface area (Å²) in [6, 6.07) is 3.27. The van der Waals surface area contributed by atoms with Crippen molar-refractivity contribution in [3.05, 3.63) is 36.5 Å².